The second-order valence-corrected chi connectivity index (χ2v) is 8.00. The van der Waals surface area contributed by atoms with Gasteiger partial charge < -0.3 is 9.88 Å². The quantitative estimate of drug-likeness (QED) is 0.503. The zero-order chi connectivity index (χ0) is 21.2. The topological polar surface area (TPSA) is 59.8 Å². The largest absolute Gasteiger partial charge is 0.326 e. The molecule has 1 N–H and O–H groups in total. The van der Waals surface area contributed by atoms with E-state index in [2.05, 4.69) is 15.5 Å². The number of aromatic nitrogens is 3. The molecule has 4 aromatic rings. The SMILES string of the molecule is O=C(Cc1ccc2ccccc2c1)Nc1ccc(F)c(-c2nnc3n2CCCCC3)c1. The van der Waals surface area contributed by atoms with E-state index in [1.807, 2.05) is 47.0 Å². The molecule has 2 heterocycles. The zero-order valence-corrected chi connectivity index (χ0v) is 17.1. The Labute approximate surface area is 179 Å². The van der Waals surface area contributed by atoms with Gasteiger partial charge in [-0.2, -0.15) is 0 Å². The third-order valence-electron chi connectivity index (χ3n) is 5.78. The Bertz CT molecular complexity index is 1260. The summed E-state index contributed by atoms with van der Waals surface area (Å²) in [4.78, 5) is 12.6. The minimum Gasteiger partial charge on any atom is -0.326 e. The van der Waals surface area contributed by atoms with Crippen molar-refractivity contribution in [2.75, 3.05) is 5.32 Å². The summed E-state index contributed by atoms with van der Waals surface area (Å²) < 4.78 is 16.6. The van der Waals surface area contributed by atoms with Gasteiger partial charge in [-0.3, -0.25) is 4.79 Å². The Kier molecular flexibility index (Phi) is 5.20. The number of hydrogen-bond acceptors (Lipinski definition) is 3. The Morgan fingerprint density at radius 1 is 0.968 bits per heavy atom. The molecule has 0 radical (unpaired) electrons. The molecule has 0 spiro atoms. The van der Waals surface area contributed by atoms with Crippen LogP contribution >= 0.6 is 0 Å². The van der Waals surface area contributed by atoms with Gasteiger partial charge in [0.2, 0.25) is 5.91 Å². The lowest BCUT2D eigenvalue weighted by Crippen LogP contribution is -2.14. The van der Waals surface area contributed by atoms with Crippen molar-refractivity contribution in [2.45, 2.75) is 38.6 Å². The Hall–Kier alpha value is -3.54. The lowest BCUT2D eigenvalue weighted by Gasteiger charge is -2.11. The molecule has 31 heavy (non-hydrogen) atoms. The smallest absolute Gasteiger partial charge is 0.228 e. The molecule has 0 aliphatic carbocycles. The first-order chi connectivity index (χ1) is 15.2. The van der Waals surface area contributed by atoms with Gasteiger partial charge >= 0.3 is 0 Å². The molecule has 5 rings (SSSR count). The van der Waals surface area contributed by atoms with Crippen molar-refractivity contribution in [1.29, 1.82) is 0 Å². The molecule has 0 atom stereocenters. The van der Waals surface area contributed by atoms with Crippen LogP contribution in [0.1, 0.15) is 30.7 Å². The van der Waals surface area contributed by atoms with Gasteiger partial charge in [0.25, 0.3) is 0 Å². The molecule has 1 amide bonds. The van der Waals surface area contributed by atoms with Crippen LogP contribution in [0.25, 0.3) is 22.2 Å². The highest BCUT2D eigenvalue weighted by atomic mass is 19.1. The van der Waals surface area contributed by atoms with Crippen molar-refractivity contribution in [3.05, 3.63) is 77.9 Å². The number of amides is 1. The predicted molar refractivity (Wildman–Crippen MR) is 119 cm³/mol. The molecule has 0 bridgehead atoms. The van der Waals surface area contributed by atoms with Gasteiger partial charge in [-0.05, 0) is 47.4 Å². The highest BCUT2D eigenvalue weighted by Gasteiger charge is 2.19. The van der Waals surface area contributed by atoms with E-state index in [0.29, 0.717) is 17.1 Å². The molecular formula is C25H23FN4O. The summed E-state index contributed by atoms with van der Waals surface area (Å²) in [7, 11) is 0. The monoisotopic (exact) mass is 414 g/mol. The van der Waals surface area contributed by atoms with E-state index in [4.69, 9.17) is 0 Å². The van der Waals surface area contributed by atoms with Crippen molar-refractivity contribution in [3.8, 4) is 11.4 Å². The van der Waals surface area contributed by atoms with Crippen molar-refractivity contribution in [1.82, 2.24) is 14.8 Å². The number of fused-ring (bicyclic) bond motifs is 2. The van der Waals surface area contributed by atoms with Crippen molar-refractivity contribution in [2.24, 2.45) is 0 Å². The van der Waals surface area contributed by atoms with Gasteiger partial charge in [-0.15, -0.1) is 10.2 Å². The summed E-state index contributed by atoms with van der Waals surface area (Å²) >= 11 is 0. The molecule has 6 heteroatoms. The van der Waals surface area contributed by atoms with Gasteiger partial charge in [-0.25, -0.2) is 4.39 Å². The number of nitrogens with one attached hydrogen (secondary N) is 1. The predicted octanol–water partition coefficient (Wildman–Crippen LogP) is 5.15. The lowest BCUT2D eigenvalue weighted by atomic mass is 10.0. The Balaban J connectivity index is 1.36. The summed E-state index contributed by atoms with van der Waals surface area (Å²) in [5.74, 6) is 0.914. The van der Waals surface area contributed by atoms with E-state index < -0.39 is 0 Å². The van der Waals surface area contributed by atoms with Gasteiger partial charge in [0.15, 0.2) is 5.82 Å². The number of aryl methyl sites for hydroxylation is 1. The van der Waals surface area contributed by atoms with Crippen LogP contribution in [0, 0.1) is 5.82 Å². The molecule has 0 unspecified atom stereocenters. The molecule has 0 saturated carbocycles. The van der Waals surface area contributed by atoms with Crippen molar-refractivity contribution >= 4 is 22.4 Å². The van der Waals surface area contributed by atoms with E-state index in [0.717, 1.165) is 54.4 Å². The molecule has 0 saturated heterocycles. The molecule has 1 aromatic heterocycles. The average Bonchev–Trinajstić information content (AvgIpc) is 3.02. The fourth-order valence-corrected chi connectivity index (χ4v) is 4.20. The summed E-state index contributed by atoms with van der Waals surface area (Å²) in [6.45, 7) is 0.787. The van der Waals surface area contributed by atoms with Crippen LogP contribution in [-0.2, 0) is 24.2 Å². The molecule has 5 nitrogen and oxygen atoms in total. The van der Waals surface area contributed by atoms with Crippen LogP contribution < -0.4 is 5.32 Å². The molecule has 3 aromatic carbocycles. The number of rotatable bonds is 4. The number of nitrogens with zero attached hydrogens (tertiary/aromatic N) is 3. The van der Waals surface area contributed by atoms with Gasteiger partial charge in [-0.1, -0.05) is 48.9 Å². The average molecular weight is 414 g/mol. The summed E-state index contributed by atoms with van der Waals surface area (Å²) in [5, 5.41) is 13.7. The number of carbonyl (C=O) groups is 1. The molecule has 1 aliphatic heterocycles. The first-order valence-corrected chi connectivity index (χ1v) is 10.7. The van der Waals surface area contributed by atoms with Crippen molar-refractivity contribution < 1.29 is 9.18 Å². The van der Waals surface area contributed by atoms with Gasteiger partial charge in [0, 0.05) is 18.7 Å². The highest BCUT2D eigenvalue weighted by Crippen LogP contribution is 2.27. The van der Waals surface area contributed by atoms with Crippen LogP contribution in [-0.4, -0.2) is 20.7 Å². The summed E-state index contributed by atoms with van der Waals surface area (Å²) in [5.41, 5.74) is 1.85. The molecule has 156 valence electrons. The lowest BCUT2D eigenvalue weighted by molar-refractivity contribution is -0.115. The number of benzene rings is 3. The van der Waals surface area contributed by atoms with E-state index in [-0.39, 0.29) is 18.1 Å². The van der Waals surface area contributed by atoms with Crippen LogP contribution in [0.15, 0.2) is 60.7 Å². The normalized spacial score (nSPS) is 13.6. The Morgan fingerprint density at radius 2 is 1.84 bits per heavy atom. The fraction of sp³-hybridized carbons (Fsp3) is 0.240. The van der Waals surface area contributed by atoms with Crippen molar-refractivity contribution in [3.63, 3.8) is 0 Å². The molecule has 0 fully saturated rings. The second kappa shape index (κ2) is 8.30. The third kappa shape index (κ3) is 4.06. The molecular weight excluding hydrogens is 391 g/mol. The van der Waals surface area contributed by atoms with E-state index in [1.54, 1.807) is 12.1 Å². The second-order valence-electron chi connectivity index (χ2n) is 8.00. The first-order valence-electron chi connectivity index (χ1n) is 10.7. The maximum atomic E-state index is 14.6. The van der Waals surface area contributed by atoms with Gasteiger partial charge in [0.1, 0.15) is 11.6 Å². The maximum absolute atomic E-state index is 14.6. The Morgan fingerprint density at radius 3 is 2.74 bits per heavy atom. The van der Waals surface area contributed by atoms with Gasteiger partial charge in [0.05, 0.1) is 12.0 Å². The van der Waals surface area contributed by atoms with Crippen LogP contribution in [0.3, 0.4) is 0 Å². The minimum absolute atomic E-state index is 0.145. The van der Waals surface area contributed by atoms with E-state index >= 15 is 0 Å². The van der Waals surface area contributed by atoms with E-state index in [1.165, 1.54) is 6.07 Å². The summed E-state index contributed by atoms with van der Waals surface area (Å²) in [6.07, 6.45) is 4.35. The maximum Gasteiger partial charge on any atom is 0.228 e. The summed E-state index contributed by atoms with van der Waals surface area (Å²) in [6, 6.07) is 18.7. The number of carbonyl (C=O) groups excluding carboxylic acids is 1. The number of anilines is 1. The number of hydrogen-bond donors (Lipinski definition) is 1. The number of halogens is 1. The first kappa shape index (κ1) is 19.4. The molecule has 1 aliphatic rings. The third-order valence-corrected chi connectivity index (χ3v) is 5.78. The van der Waals surface area contributed by atoms with Crippen LogP contribution in [0.5, 0.6) is 0 Å². The highest BCUT2D eigenvalue weighted by molar-refractivity contribution is 5.93. The van der Waals surface area contributed by atoms with Crippen LogP contribution in [0.4, 0.5) is 10.1 Å². The van der Waals surface area contributed by atoms with E-state index in [9.17, 15) is 9.18 Å². The minimum atomic E-state index is -0.369. The fourth-order valence-electron chi connectivity index (χ4n) is 4.20. The zero-order valence-electron chi connectivity index (χ0n) is 17.1. The standard InChI is InChI=1S/C25H23FN4O/c26-22-12-11-20(16-21(22)25-29-28-23-8-2-1-5-13-30(23)25)27-24(31)15-17-9-10-18-6-3-4-7-19(18)14-17/h3-4,6-7,9-12,14,16H,1-2,5,8,13,15H2,(H,27,31). The van der Waals surface area contributed by atoms with Crippen LogP contribution in [0.2, 0.25) is 0 Å².